The van der Waals surface area contributed by atoms with Crippen LogP contribution >= 0.6 is 0 Å². The molecule has 0 saturated carbocycles. The third-order valence-electron chi connectivity index (χ3n) is 2.68. The fourth-order valence-corrected chi connectivity index (χ4v) is 1.96. The van der Waals surface area contributed by atoms with Gasteiger partial charge in [0.25, 0.3) is 0 Å². The highest BCUT2D eigenvalue weighted by molar-refractivity contribution is 5.77. The zero-order valence-corrected chi connectivity index (χ0v) is 9.08. The lowest BCUT2D eigenvalue weighted by Crippen LogP contribution is -2.47. The van der Waals surface area contributed by atoms with Gasteiger partial charge in [-0.1, -0.05) is 0 Å². The quantitative estimate of drug-likeness (QED) is 0.706. The molecule has 0 aromatic carbocycles. The van der Waals surface area contributed by atoms with E-state index >= 15 is 0 Å². The molecule has 1 amide bonds. The van der Waals surface area contributed by atoms with Gasteiger partial charge < -0.3 is 15.0 Å². The van der Waals surface area contributed by atoms with Crippen molar-refractivity contribution in [1.82, 2.24) is 10.2 Å². The van der Waals surface area contributed by atoms with Crippen LogP contribution in [0.3, 0.4) is 0 Å². The summed E-state index contributed by atoms with van der Waals surface area (Å²) < 4.78 is 4.87. The number of methoxy groups -OCH3 is 1. The first-order valence-corrected chi connectivity index (χ1v) is 5.28. The van der Waals surface area contributed by atoms with Gasteiger partial charge in [0.05, 0.1) is 0 Å². The molecule has 0 aromatic heterocycles. The van der Waals surface area contributed by atoms with Crippen molar-refractivity contribution < 1.29 is 9.53 Å². The van der Waals surface area contributed by atoms with Crippen molar-refractivity contribution >= 4 is 5.91 Å². The first kappa shape index (κ1) is 11.5. The third-order valence-corrected chi connectivity index (χ3v) is 2.68. The van der Waals surface area contributed by atoms with Gasteiger partial charge in [-0.15, -0.1) is 0 Å². The number of hydrogen-bond acceptors (Lipinski definition) is 3. The van der Waals surface area contributed by atoms with Crippen LogP contribution in [0.5, 0.6) is 0 Å². The third kappa shape index (κ3) is 2.96. The van der Waals surface area contributed by atoms with E-state index in [-0.39, 0.29) is 12.5 Å². The van der Waals surface area contributed by atoms with Gasteiger partial charge >= 0.3 is 0 Å². The highest BCUT2D eigenvalue weighted by atomic mass is 16.5. The van der Waals surface area contributed by atoms with E-state index in [1.165, 1.54) is 0 Å². The fourth-order valence-electron chi connectivity index (χ4n) is 1.96. The van der Waals surface area contributed by atoms with Crippen LogP contribution in [-0.2, 0) is 9.53 Å². The van der Waals surface area contributed by atoms with Crippen LogP contribution in [-0.4, -0.2) is 50.2 Å². The number of likely N-dealkylation sites (N-methyl/N-ethyl adjacent to an activating group) is 1. The molecule has 1 saturated heterocycles. The predicted molar refractivity (Wildman–Crippen MR) is 55.2 cm³/mol. The van der Waals surface area contributed by atoms with E-state index in [4.69, 9.17) is 4.74 Å². The van der Waals surface area contributed by atoms with Gasteiger partial charge in [0, 0.05) is 19.7 Å². The number of rotatable bonds is 4. The predicted octanol–water partition coefficient (Wildman–Crippen LogP) is 0.233. The summed E-state index contributed by atoms with van der Waals surface area (Å²) in [6.07, 6.45) is 2.12. The molecule has 0 aliphatic carbocycles. The Kier molecular flexibility index (Phi) is 4.90. The Labute approximate surface area is 85.6 Å². The van der Waals surface area contributed by atoms with Crippen LogP contribution in [0.15, 0.2) is 0 Å². The van der Waals surface area contributed by atoms with Crippen LogP contribution in [0.2, 0.25) is 0 Å². The molecule has 0 unspecified atom stereocenters. The molecule has 0 spiro atoms. The molecular formula is C10H20N2O2. The van der Waals surface area contributed by atoms with Crippen LogP contribution in [0.4, 0.5) is 0 Å². The second-order valence-corrected chi connectivity index (χ2v) is 3.59. The zero-order valence-electron chi connectivity index (χ0n) is 9.08. The number of carbonyl (C=O) groups excluding carboxylic acids is 1. The van der Waals surface area contributed by atoms with E-state index in [0.29, 0.717) is 6.04 Å². The minimum atomic E-state index is 0.113. The van der Waals surface area contributed by atoms with Crippen molar-refractivity contribution in [2.24, 2.45) is 0 Å². The maximum absolute atomic E-state index is 11.7. The molecule has 4 nitrogen and oxygen atoms in total. The van der Waals surface area contributed by atoms with Crippen LogP contribution in [0, 0.1) is 0 Å². The Hall–Kier alpha value is -0.610. The van der Waals surface area contributed by atoms with Gasteiger partial charge in [0.1, 0.15) is 6.61 Å². The highest BCUT2D eigenvalue weighted by Crippen LogP contribution is 2.11. The summed E-state index contributed by atoms with van der Waals surface area (Å²) in [5.74, 6) is 0.113. The fraction of sp³-hybridized carbons (Fsp3) is 0.900. The highest BCUT2D eigenvalue weighted by Gasteiger charge is 2.23. The molecule has 0 atom stereocenters. The Morgan fingerprint density at radius 1 is 1.50 bits per heavy atom. The lowest BCUT2D eigenvalue weighted by atomic mass is 10.0. The molecule has 1 rings (SSSR count). The molecule has 1 N–H and O–H groups in total. The standard InChI is InChI=1S/C10H20N2O2/c1-3-12(10(13)8-14-2)9-4-6-11-7-5-9/h9,11H,3-8H2,1-2H3. The van der Waals surface area contributed by atoms with Crippen molar-refractivity contribution in [1.29, 1.82) is 0 Å². The van der Waals surface area contributed by atoms with Crippen LogP contribution < -0.4 is 5.32 Å². The summed E-state index contributed by atoms with van der Waals surface area (Å²) >= 11 is 0. The van der Waals surface area contributed by atoms with Crippen LogP contribution in [0.25, 0.3) is 0 Å². The molecule has 0 aromatic rings. The lowest BCUT2D eigenvalue weighted by Gasteiger charge is -2.33. The number of carbonyl (C=O) groups is 1. The number of ether oxygens (including phenoxy) is 1. The van der Waals surface area contributed by atoms with Crippen molar-refractivity contribution in [2.75, 3.05) is 33.4 Å². The number of piperidine rings is 1. The van der Waals surface area contributed by atoms with Gasteiger partial charge in [-0.2, -0.15) is 0 Å². The van der Waals surface area contributed by atoms with E-state index in [1.807, 2.05) is 11.8 Å². The molecular weight excluding hydrogens is 180 g/mol. The smallest absolute Gasteiger partial charge is 0.248 e. The number of amides is 1. The van der Waals surface area contributed by atoms with E-state index in [1.54, 1.807) is 7.11 Å². The van der Waals surface area contributed by atoms with E-state index in [9.17, 15) is 4.79 Å². The zero-order chi connectivity index (χ0) is 10.4. The van der Waals surface area contributed by atoms with Gasteiger partial charge in [0.2, 0.25) is 5.91 Å². The number of nitrogens with one attached hydrogen (secondary N) is 1. The molecule has 0 bridgehead atoms. The van der Waals surface area contributed by atoms with E-state index in [0.717, 1.165) is 32.5 Å². The molecule has 1 fully saturated rings. The topological polar surface area (TPSA) is 41.6 Å². The maximum atomic E-state index is 11.7. The number of hydrogen-bond donors (Lipinski definition) is 1. The largest absolute Gasteiger partial charge is 0.375 e. The summed E-state index contributed by atoms with van der Waals surface area (Å²) in [5.41, 5.74) is 0. The summed E-state index contributed by atoms with van der Waals surface area (Å²) in [5, 5.41) is 3.30. The van der Waals surface area contributed by atoms with E-state index in [2.05, 4.69) is 5.32 Å². The molecule has 1 aliphatic heterocycles. The van der Waals surface area contributed by atoms with Crippen LogP contribution in [0.1, 0.15) is 19.8 Å². The lowest BCUT2D eigenvalue weighted by molar-refractivity contribution is -0.137. The SMILES string of the molecule is CCN(C(=O)COC)C1CCNCC1. The normalized spacial score (nSPS) is 18.1. The Morgan fingerprint density at radius 2 is 2.14 bits per heavy atom. The summed E-state index contributed by atoms with van der Waals surface area (Å²) in [4.78, 5) is 13.6. The van der Waals surface area contributed by atoms with Gasteiger partial charge in [-0.3, -0.25) is 4.79 Å². The summed E-state index contributed by atoms with van der Waals surface area (Å²) in [6.45, 7) is 5.04. The molecule has 0 radical (unpaired) electrons. The van der Waals surface area contributed by atoms with E-state index < -0.39 is 0 Å². The molecule has 14 heavy (non-hydrogen) atoms. The second kappa shape index (κ2) is 5.98. The first-order chi connectivity index (χ1) is 6.79. The Bertz CT molecular complexity index is 179. The average Bonchev–Trinajstić information content (AvgIpc) is 2.21. The van der Waals surface area contributed by atoms with Gasteiger partial charge in [-0.05, 0) is 32.9 Å². The van der Waals surface area contributed by atoms with Crippen molar-refractivity contribution in [3.05, 3.63) is 0 Å². The van der Waals surface area contributed by atoms with Crippen molar-refractivity contribution in [2.45, 2.75) is 25.8 Å². The molecule has 82 valence electrons. The summed E-state index contributed by atoms with van der Waals surface area (Å²) in [7, 11) is 1.56. The summed E-state index contributed by atoms with van der Waals surface area (Å²) in [6, 6.07) is 0.406. The Balaban J connectivity index is 2.46. The molecule has 1 heterocycles. The molecule has 1 aliphatic rings. The average molecular weight is 200 g/mol. The maximum Gasteiger partial charge on any atom is 0.248 e. The first-order valence-electron chi connectivity index (χ1n) is 5.28. The van der Waals surface area contributed by atoms with Gasteiger partial charge in [0.15, 0.2) is 0 Å². The number of nitrogens with zero attached hydrogens (tertiary/aromatic N) is 1. The van der Waals surface area contributed by atoms with Gasteiger partial charge in [-0.25, -0.2) is 0 Å². The minimum absolute atomic E-state index is 0.113. The van der Waals surface area contributed by atoms with Crippen molar-refractivity contribution in [3.63, 3.8) is 0 Å². The van der Waals surface area contributed by atoms with Crippen molar-refractivity contribution in [3.8, 4) is 0 Å². The minimum Gasteiger partial charge on any atom is -0.375 e. The molecule has 4 heteroatoms. The Morgan fingerprint density at radius 3 is 2.64 bits per heavy atom. The monoisotopic (exact) mass is 200 g/mol. The second-order valence-electron chi connectivity index (χ2n) is 3.59.